The molecule has 9 heteroatoms. The quantitative estimate of drug-likeness (QED) is 0.453. The van der Waals surface area contributed by atoms with E-state index in [9.17, 15) is 19.5 Å². The molecular formula is C28H36ClN3O4S. The number of halogens is 1. The van der Waals surface area contributed by atoms with Gasteiger partial charge in [0, 0.05) is 24.9 Å². The maximum Gasteiger partial charge on any atom is 0.251 e. The van der Waals surface area contributed by atoms with Crippen molar-refractivity contribution in [1.29, 1.82) is 0 Å². The van der Waals surface area contributed by atoms with E-state index in [1.165, 1.54) is 0 Å². The Kier molecular flexibility index (Phi) is 7.84. The van der Waals surface area contributed by atoms with Crippen molar-refractivity contribution in [1.82, 2.24) is 9.80 Å². The van der Waals surface area contributed by atoms with Gasteiger partial charge in [0.25, 0.3) is 5.91 Å². The first-order valence-electron chi connectivity index (χ1n) is 12.8. The number of aliphatic hydroxyl groups excluding tert-OH is 1. The van der Waals surface area contributed by atoms with Crippen molar-refractivity contribution in [2.45, 2.75) is 54.7 Å². The maximum atomic E-state index is 14.5. The van der Waals surface area contributed by atoms with E-state index in [0.29, 0.717) is 30.1 Å². The number of anilines is 1. The van der Waals surface area contributed by atoms with Gasteiger partial charge in [-0.25, -0.2) is 0 Å². The molecule has 4 rings (SSSR count). The predicted molar refractivity (Wildman–Crippen MR) is 149 cm³/mol. The van der Waals surface area contributed by atoms with Crippen LogP contribution in [0, 0.1) is 11.8 Å². The van der Waals surface area contributed by atoms with E-state index in [0.717, 1.165) is 6.42 Å². The molecule has 7 nitrogen and oxygen atoms in total. The molecule has 37 heavy (non-hydrogen) atoms. The van der Waals surface area contributed by atoms with Gasteiger partial charge in [0.1, 0.15) is 6.04 Å². The Morgan fingerprint density at radius 2 is 1.92 bits per heavy atom. The molecule has 3 heterocycles. The summed E-state index contributed by atoms with van der Waals surface area (Å²) in [5.41, 5.74) is 0.542. The highest BCUT2D eigenvalue weighted by atomic mass is 35.5. The third-order valence-electron chi connectivity index (χ3n) is 8.29. The summed E-state index contributed by atoms with van der Waals surface area (Å²) in [6.45, 7) is 11.9. The first kappa shape index (κ1) is 27.7. The molecule has 0 radical (unpaired) electrons. The first-order valence-corrected chi connectivity index (χ1v) is 14.0. The van der Waals surface area contributed by atoms with E-state index in [2.05, 4.69) is 13.2 Å². The van der Waals surface area contributed by atoms with Crippen LogP contribution in [-0.2, 0) is 14.4 Å². The van der Waals surface area contributed by atoms with Crippen molar-refractivity contribution in [3.8, 4) is 0 Å². The third-order valence-corrected chi connectivity index (χ3v) is 10.6. The molecule has 3 aliphatic heterocycles. The van der Waals surface area contributed by atoms with E-state index in [-0.39, 0.29) is 30.9 Å². The van der Waals surface area contributed by atoms with Gasteiger partial charge >= 0.3 is 0 Å². The molecule has 1 aromatic rings. The molecule has 1 aromatic carbocycles. The second-order valence-corrected chi connectivity index (χ2v) is 12.7. The van der Waals surface area contributed by atoms with Crippen LogP contribution >= 0.6 is 23.4 Å². The summed E-state index contributed by atoms with van der Waals surface area (Å²) in [6.07, 6.45) is 5.15. The molecule has 3 fully saturated rings. The minimum atomic E-state index is -0.840. The second-order valence-electron chi connectivity index (χ2n) is 10.4. The van der Waals surface area contributed by atoms with Gasteiger partial charge in [0.15, 0.2) is 0 Å². The summed E-state index contributed by atoms with van der Waals surface area (Å²) in [6, 6.07) is 5.74. The lowest BCUT2D eigenvalue weighted by atomic mass is 9.66. The minimum Gasteiger partial charge on any atom is -0.394 e. The molecule has 1 N–H and O–H groups in total. The number of para-hydroxylation sites is 1. The zero-order valence-electron chi connectivity index (χ0n) is 21.7. The molecule has 200 valence electrons. The minimum absolute atomic E-state index is 0.103. The first-order chi connectivity index (χ1) is 17.6. The van der Waals surface area contributed by atoms with E-state index in [1.54, 1.807) is 63.9 Å². The van der Waals surface area contributed by atoms with Crippen molar-refractivity contribution >= 4 is 46.8 Å². The van der Waals surface area contributed by atoms with Gasteiger partial charge < -0.3 is 19.8 Å². The smallest absolute Gasteiger partial charge is 0.251 e. The van der Waals surface area contributed by atoms with Crippen molar-refractivity contribution in [2.75, 3.05) is 31.6 Å². The second kappa shape index (κ2) is 10.5. The highest BCUT2D eigenvalue weighted by molar-refractivity contribution is 8.02. The molecule has 2 unspecified atom stereocenters. The number of nitrogens with zero attached hydrogens (tertiary/aromatic N) is 3. The lowest BCUT2D eigenvalue weighted by molar-refractivity contribution is -0.145. The molecule has 3 saturated heterocycles. The number of benzene rings is 1. The monoisotopic (exact) mass is 545 g/mol. The van der Waals surface area contributed by atoms with Crippen LogP contribution in [0.1, 0.15) is 33.1 Å². The fourth-order valence-corrected chi connectivity index (χ4v) is 9.17. The van der Waals surface area contributed by atoms with Gasteiger partial charge in [-0.15, -0.1) is 24.9 Å². The Hall–Kier alpha value is -2.29. The highest BCUT2D eigenvalue weighted by Crippen LogP contribution is 2.72. The number of amides is 3. The zero-order chi connectivity index (χ0) is 27.1. The molecule has 0 aromatic heterocycles. The largest absolute Gasteiger partial charge is 0.394 e. The summed E-state index contributed by atoms with van der Waals surface area (Å²) >= 11 is 8.13. The summed E-state index contributed by atoms with van der Waals surface area (Å²) in [7, 11) is 1.72. The van der Waals surface area contributed by atoms with E-state index in [1.807, 2.05) is 19.9 Å². The van der Waals surface area contributed by atoms with Gasteiger partial charge in [-0.2, -0.15) is 0 Å². The maximum absolute atomic E-state index is 14.5. The van der Waals surface area contributed by atoms with Gasteiger partial charge in [0.05, 0.1) is 39.9 Å². The number of likely N-dealkylation sites (tertiary alicyclic amines) is 1. The molecule has 0 aliphatic carbocycles. The number of aliphatic hydroxyl groups is 1. The van der Waals surface area contributed by atoms with Crippen LogP contribution < -0.4 is 4.90 Å². The summed E-state index contributed by atoms with van der Waals surface area (Å²) < 4.78 is -1.24. The van der Waals surface area contributed by atoms with E-state index in [4.69, 9.17) is 11.6 Å². The number of rotatable bonds is 10. The number of hydrogen-bond acceptors (Lipinski definition) is 5. The number of carbonyl (C=O) groups excluding carboxylic acids is 3. The number of thioether (sulfide) groups is 1. The van der Waals surface area contributed by atoms with Crippen LogP contribution in [0.2, 0.25) is 5.02 Å². The van der Waals surface area contributed by atoms with E-state index >= 15 is 0 Å². The SMILES string of the molecule is C=CCN(C)C(=O)[C@H]1[C@H]2C(=O)N([C@@H](CC)CO)C(C(=O)N(CC=C)c3ccccc3Cl)C23CC[C@]1(C)S3. The van der Waals surface area contributed by atoms with Crippen molar-refractivity contribution in [3.05, 3.63) is 54.6 Å². The predicted octanol–water partition coefficient (Wildman–Crippen LogP) is 3.76. The molecule has 6 atom stereocenters. The van der Waals surface area contributed by atoms with Crippen LogP contribution in [0.5, 0.6) is 0 Å². The fourth-order valence-electron chi connectivity index (χ4n) is 6.60. The molecule has 3 aliphatic rings. The van der Waals surface area contributed by atoms with Crippen molar-refractivity contribution < 1.29 is 19.5 Å². The van der Waals surface area contributed by atoms with Crippen LogP contribution in [-0.4, -0.2) is 80.9 Å². The zero-order valence-corrected chi connectivity index (χ0v) is 23.3. The Labute approximate surface area is 228 Å². The molecule has 3 amide bonds. The summed E-state index contributed by atoms with van der Waals surface area (Å²) in [5, 5.41) is 10.7. The number of fused-ring (bicyclic) bond motifs is 1. The standard InChI is InChI=1S/C28H36ClN3O4S/c1-6-15-30(5)24(34)21-22-25(35)32(18(8-3)17-33)23(28(22)14-13-27(21,4)37-28)26(36)31(16-7-2)20-12-10-9-11-19(20)29/h6-7,9-12,18,21-23,33H,1-2,8,13-17H2,3-5H3/t18-,21+,22-,23?,27-,28?/m0/s1. The summed E-state index contributed by atoms with van der Waals surface area (Å²) in [4.78, 5) is 47.3. The number of hydrogen-bond donors (Lipinski definition) is 1. The topological polar surface area (TPSA) is 81.2 Å². The number of likely N-dealkylation sites (N-methyl/N-ethyl adjacent to an activating group) is 1. The Balaban J connectivity index is 1.86. The molecule has 2 bridgehead atoms. The average molecular weight is 546 g/mol. The van der Waals surface area contributed by atoms with E-state index < -0.39 is 33.4 Å². The lowest BCUT2D eigenvalue weighted by Gasteiger charge is -2.39. The lowest BCUT2D eigenvalue weighted by Crippen LogP contribution is -2.57. The van der Waals surface area contributed by atoms with Crippen molar-refractivity contribution in [2.24, 2.45) is 11.8 Å². The summed E-state index contributed by atoms with van der Waals surface area (Å²) in [5.74, 6) is -1.80. The van der Waals surface area contributed by atoms with Gasteiger partial charge in [0.2, 0.25) is 11.8 Å². The Morgan fingerprint density at radius 1 is 1.24 bits per heavy atom. The van der Waals surface area contributed by atoms with Crippen molar-refractivity contribution in [3.63, 3.8) is 0 Å². The normalized spacial score (nSPS) is 30.7. The highest BCUT2D eigenvalue weighted by Gasteiger charge is 2.78. The average Bonchev–Trinajstić information content (AvgIpc) is 3.44. The van der Waals surface area contributed by atoms with Crippen LogP contribution in [0.15, 0.2) is 49.6 Å². The van der Waals surface area contributed by atoms with Crippen LogP contribution in [0.25, 0.3) is 0 Å². The molecular weight excluding hydrogens is 510 g/mol. The van der Waals surface area contributed by atoms with Gasteiger partial charge in [-0.1, -0.05) is 42.8 Å². The number of carbonyl (C=O) groups is 3. The fraction of sp³-hybridized carbons (Fsp3) is 0.536. The van der Waals surface area contributed by atoms with Crippen LogP contribution in [0.4, 0.5) is 5.69 Å². The Morgan fingerprint density at radius 3 is 2.51 bits per heavy atom. The van der Waals surface area contributed by atoms with Crippen LogP contribution in [0.3, 0.4) is 0 Å². The molecule has 1 spiro atoms. The Bertz CT molecular complexity index is 1110. The molecule has 0 saturated carbocycles. The van der Waals surface area contributed by atoms with Gasteiger partial charge in [-0.05, 0) is 38.3 Å². The third kappa shape index (κ3) is 4.21. The van der Waals surface area contributed by atoms with Gasteiger partial charge in [-0.3, -0.25) is 14.4 Å².